The van der Waals surface area contributed by atoms with Crippen LogP contribution in [0.5, 0.6) is 0 Å². The molecule has 0 heterocycles. The molecule has 0 aliphatic heterocycles. The van der Waals surface area contributed by atoms with Gasteiger partial charge < -0.3 is 4.74 Å². The molecule has 5 heteroatoms. The Morgan fingerprint density at radius 1 is 0.885 bits per heavy atom. The monoisotopic (exact) mass is 356 g/mol. The van der Waals surface area contributed by atoms with E-state index in [1.165, 1.54) is 12.1 Å². The lowest BCUT2D eigenvalue weighted by Gasteiger charge is -2.10. The van der Waals surface area contributed by atoms with E-state index < -0.39 is 29.0 Å². The average molecular weight is 356 g/mol. The minimum Gasteiger partial charge on any atom is -0.457 e. The minimum absolute atomic E-state index is 0.0112. The van der Waals surface area contributed by atoms with Crippen molar-refractivity contribution >= 4 is 5.97 Å². The number of carbonyl (C=O) groups excluding carboxylic acids is 1. The van der Waals surface area contributed by atoms with E-state index in [4.69, 9.17) is 4.74 Å². The van der Waals surface area contributed by atoms with Gasteiger partial charge in [-0.1, -0.05) is 42.5 Å². The quantitative estimate of drug-likeness (QED) is 0.582. The first-order valence-corrected chi connectivity index (χ1v) is 7.92. The third-order valence-corrected chi connectivity index (χ3v) is 3.89. The lowest BCUT2D eigenvalue weighted by atomic mass is 10.0. The summed E-state index contributed by atoms with van der Waals surface area (Å²) in [6, 6.07) is 15.0. The van der Waals surface area contributed by atoms with Gasteiger partial charge in [-0.2, -0.15) is 0 Å². The lowest BCUT2D eigenvalue weighted by molar-refractivity contribution is 0.0461. The first-order chi connectivity index (χ1) is 12.5. The third-order valence-electron chi connectivity index (χ3n) is 3.89. The summed E-state index contributed by atoms with van der Waals surface area (Å²) in [7, 11) is 0. The highest BCUT2D eigenvalue weighted by atomic mass is 19.1. The van der Waals surface area contributed by atoms with Gasteiger partial charge in [0.1, 0.15) is 29.6 Å². The molecule has 0 aromatic heterocycles. The van der Waals surface area contributed by atoms with Gasteiger partial charge in [0.2, 0.25) is 0 Å². The second-order valence-corrected chi connectivity index (χ2v) is 5.86. The molecule has 132 valence electrons. The minimum atomic E-state index is -1.11. The second kappa shape index (κ2) is 7.44. The number of aryl methyl sites for hydroxylation is 1. The average Bonchev–Trinajstić information content (AvgIpc) is 2.60. The van der Waals surface area contributed by atoms with Crippen molar-refractivity contribution in [1.29, 1.82) is 0 Å². The topological polar surface area (TPSA) is 26.3 Å². The standard InChI is InChI=1S/C21H15F3O2/c1-13-7-8-16(17(22)9-13)15-10-18(23)20(19(24)11-15)21(25)26-12-14-5-3-2-4-6-14/h2-11H,12H2,1H3. The molecule has 0 bridgehead atoms. The predicted octanol–water partition coefficient (Wildman–Crippen LogP) is 5.44. The Hall–Kier alpha value is -3.08. The third kappa shape index (κ3) is 3.77. The smallest absolute Gasteiger partial charge is 0.344 e. The van der Waals surface area contributed by atoms with Crippen molar-refractivity contribution in [2.45, 2.75) is 13.5 Å². The maximum atomic E-state index is 14.3. The maximum Gasteiger partial charge on any atom is 0.344 e. The van der Waals surface area contributed by atoms with Gasteiger partial charge in [-0.3, -0.25) is 0 Å². The zero-order chi connectivity index (χ0) is 18.7. The Balaban J connectivity index is 1.86. The molecule has 0 aliphatic rings. The molecule has 3 aromatic rings. The van der Waals surface area contributed by atoms with E-state index in [-0.39, 0.29) is 17.7 Å². The summed E-state index contributed by atoms with van der Waals surface area (Å²) in [5, 5.41) is 0. The van der Waals surface area contributed by atoms with E-state index in [2.05, 4.69) is 0 Å². The van der Waals surface area contributed by atoms with Gasteiger partial charge in [0.15, 0.2) is 0 Å². The first kappa shape index (κ1) is 17.7. The van der Waals surface area contributed by atoms with Crippen LogP contribution in [-0.4, -0.2) is 5.97 Å². The van der Waals surface area contributed by atoms with Crippen LogP contribution < -0.4 is 0 Å². The van der Waals surface area contributed by atoms with Crippen LogP contribution in [-0.2, 0) is 11.3 Å². The number of hydrogen-bond donors (Lipinski definition) is 0. The van der Waals surface area contributed by atoms with Gasteiger partial charge in [-0.05, 0) is 41.8 Å². The van der Waals surface area contributed by atoms with Gasteiger partial charge in [0.05, 0.1) is 0 Å². The number of esters is 1. The van der Waals surface area contributed by atoms with Crippen molar-refractivity contribution in [3.05, 3.63) is 94.8 Å². The van der Waals surface area contributed by atoms with Crippen molar-refractivity contribution < 1.29 is 22.7 Å². The largest absolute Gasteiger partial charge is 0.457 e. The van der Waals surface area contributed by atoms with E-state index in [1.54, 1.807) is 43.3 Å². The molecule has 0 saturated heterocycles. The van der Waals surface area contributed by atoms with Gasteiger partial charge in [0.25, 0.3) is 0 Å². The zero-order valence-electron chi connectivity index (χ0n) is 13.9. The Morgan fingerprint density at radius 2 is 1.54 bits per heavy atom. The lowest BCUT2D eigenvalue weighted by Crippen LogP contribution is -2.10. The summed E-state index contributed by atoms with van der Waals surface area (Å²) in [6.07, 6.45) is 0. The highest BCUT2D eigenvalue weighted by molar-refractivity contribution is 5.90. The van der Waals surface area contributed by atoms with Gasteiger partial charge in [-0.15, -0.1) is 0 Å². The summed E-state index contributed by atoms with van der Waals surface area (Å²) in [5.41, 5.74) is 0.653. The molecule has 0 radical (unpaired) electrons. The molecule has 0 amide bonds. The van der Waals surface area contributed by atoms with Crippen molar-refractivity contribution in [1.82, 2.24) is 0 Å². The fourth-order valence-corrected chi connectivity index (χ4v) is 2.57. The number of ether oxygens (including phenoxy) is 1. The normalized spacial score (nSPS) is 10.6. The van der Waals surface area contributed by atoms with Crippen molar-refractivity contribution in [2.75, 3.05) is 0 Å². The predicted molar refractivity (Wildman–Crippen MR) is 92.1 cm³/mol. The molecule has 0 fully saturated rings. The number of rotatable bonds is 4. The van der Waals surface area contributed by atoms with Crippen LogP contribution in [0.4, 0.5) is 13.2 Å². The summed E-state index contributed by atoms with van der Waals surface area (Å²) >= 11 is 0. The number of hydrogen-bond acceptors (Lipinski definition) is 2. The molecular weight excluding hydrogens is 341 g/mol. The number of halogens is 3. The van der Waals surface area contributed by atoms with E-state index in [0.717, 1.165) is 12.1 Å². The molecule has 0 saturated carbocycles. The van der Waals surface area contributed by atoms with Gasteiger partial charge in [0, 0.05) is 5.56 Å². The molecular formula is C21H15F3O2. The van der Waals surface area contributed by atoms with Crippen molar-refractivity contribution in [3.8, 4) is 11.1 Å². The first-order valence-electron chi connectivity index (χ1n) is 7.92. The second-order valence-electron chi connectivity index (χ2n) is 5.86. The molecule has 0 unspecified atom stereocenters. The molecule has 0 atom stereocenters. The molecule has 0 aliphatic carbocycles. The molecule has 26 heavy (non-hydrogen) atoms. The van der Waals surface area contributed by atoms with Crippen LogP contribution in [0.25, 0.3) is 11.1 Å². The van der Waals surface area contributed by atoms with Crippen molar-refractivity contribution in [3.63, 3.8) is 0 Å². The maximum absolute atomic E-state index is 14.3. The SMILES string of the molecule is Cc1ccc(-c2cc(F)c(C(=O)OCc3ccccc3)c(F)c2)c(F)c1. The molecule has 2 nitrogen and oxygen atoms in total. The number of benzene rings is 3. The Morgan fingerprint density at radius 3 is 2.15 bits per heavy atom. The Labute approximate surface area is 148 Å². The highest BCUT2D eigenvalue weighted by Gasteiger charge is 2.21. The fraction of sp³-hybridized carbons (Fsp3) is 0.0952. The van der Waals surface area contributed by atoms with Gasteiger partial charge in [-0.25, -0.2) is 18.0 Å². The molecule has 3 aromatic carbocycles. The Kier molecular flexibility index (Phi) is 5.07. The summed E-state index contributed by atoms with van der Waals surface area (Å²) < 4.78 is 47.6. The summed E-state index contributed by atoms with van der Waals surface area (Å²) in [4.78, 5) is 12.0. The molecule has 0 spiro atoms. The van der Waals surface area contributed by atoms with E-state index in [9.17, 15) is 18.0 Å². The van der Waals surface area contributed by atoms with E-state index in [0.29, 0.717) is 11.1 Å². The van der Waals surface area contributed by atoms with Crippen LogP contribution in [0.3, 0.4) is 0 Å². The number of carbonyl (C=O) groups is 1. The molecule has 3 rings (SSSR count). The van der Waals surface area contributed by atoms with Crippen LogP contribution >= 0.6 is 0 Å². The van der Waals surface area contributed by atoms with Crippen LogP contribution in [0, 0.1) is 24.4 Å². The van der Waals surface area contributed by atoms with Crippen LogP contribution in [0.15, 0.2) is 60.7 Å². The van der Waals surface area contributed by atoms with Crippen LogP contribution in [0.1, 0.15) is 21.5 Å². The summed E-state index contributed by atoms with van der Waals surface area (Å²) in [6.45, 7) is 1.60. The fourth-order valence-electron chi connectivity index (χ4n) is 2.57. The summed E-state index contributed by atoms with van der Waals surface area (Å²) in [5.74, 6) is -3.90. The van der Waals surface area contributed by atoms with Gasteiger partial charge >= 0.3 is 5.97 Å². The van der Waals surface area contributed by atoms with Crippen LogP contribution in [0.2, 0.25) is 0 Å². The highest BCUT2D eigenvalue weighted by Crippen LogP contribution is 2.27. The Bertz CT molecular complexity index is 930. The zero-order valence-corrected chi connectivity index (χ0v) is 13.9. The van der Waals surface area contributed by atoms with Crippen molar-refractivity contribution in [2.24, 2.45) is 0 Å². The van der Waals surface area contributed by atoms with E-state index in [1.807, 2.05) is 0 Å². The molecule has 0 N–H and O–H groups in total. The van der Waals surface area contributed by atoms with E-state index >= 15 is 0 Å².